The zero-order valence-corrected chi connectivity index (χ0v) is 12.1. The zero-order valence-electron chi connectivity index (χ0n) is 12.1. The van der Waals surface area contributed by atoms with E-state index >= 15 is 0 Å². The van der Waals surface area contributed by atoms with Gasteiger partial charge in [-0.2, -0.15) is 4.98 Å². The van der Waals surface area contributed by atoms with Crippen LogP contribution in [-0.2, 0) is 6.42 Å². The topological polar surface area (TPSA) is 61.3 Å². The number of hydrogen-bond donors (Lipinski definition) is 2. The molecule has 0 unspecified atom stereocenters. The fraction of sp³-hybridized carbons (Fsp3) is 0.333. The normalized spacial score (nSPS) is 10.4. The van der Waals surface area contributed by atoms with Crippen LogP contribution in [0.25, 0.3) is 0 Å². The van der Waals surface area contributed by atoms with Gasteiger partial charge in [-0.25, -0.2) is 4.98 Å². The number of aliphatic hydroxyl groups excluding tert-OH is 1. The number of benzene rings is 1. The molecule has 5 nitrogen and oxygen atoms in total. The van der Waals surface area contributed by atoms with Crippen molar-refractivity contribution in [3.05, 3.63) is 41.6 Å². The molecule has 0 fully saturated rings. The van der Waals surface area contributed by atoms with Gasteiger partial charge in [0.1, 0.15) is 5.82 Å². The molecule has 1 aromatic carbocycles. The van der Waals surface area contributed by atoms with Crippen molar-refractivity contribution in [3.63, 3.8) is 0 Å². The molecule has 0 aliphatic rings. The number of nitrogens with one attached hydrogen (secondary N) is 1. The van der Waals surface area contributed by atoms with E-state index in [9.17, 15) is 0 Å². The van der Waals surface area contributed by atoms with E-state index in [1.165, 1.54) is 0 Å². The average molecular weight is 272 g/mol. The van der Waals surface area contributed by atoms with Crippen LogP contribution in [0.4, 0.5) is 17.5 Å². The van der Waals surface area contributed by atoms with Crippen molar-refractivity contribution in [2.45, 2.75) is 13.3 Å². The van der Waals surface area contributed by atoms with E-state index in [0.29, 0.717) is 12.4 Å². The molecule has 0 atom stereocenters. The second-order valence-electron chi connectivity index (χ2n) is 4.85. The number of nitrogens with zero attached hydrogens (tertiary/aromatic N) is 3. The van der Waals surface area contributed by atoms with Gasteiger partial charge in [-0.1, -0.05) is 18.2 Å². The Balaban J connectivity index is 2.28. The van der Waals surface area contributed by atoms with E-state index in [1.54, 1.807) is 6.20 Å². The number of hydrogen-bond acceptors (Lipinski definition) is 5. The largest absolute Gasteiger partial charge is 0.396 e. The summed E-state index contributed by atoms with van der Waals surface area (Å²) in [7, 11) is 3.91. The van der Waals surface area contributed by atoms with Crippen LogP contribution in [0.5, 0.6) is 0 Å². The van der Waals surface area contributed by atoms with Gasteiger partial charge in [-0.15, -0.1) is 0 Å². The van der Waals surface area contributed by atoms with Crippen molar-refractivity contribution in [1.29, 1.82) is 0 Å². The lowest BCUT2D eigenvalue weighted by molar-refractivity contribution is 0.300. The smallest absolute Gasteiger partial charge is 0.229 e. The van der Waals surface area contributed by atoms with Crippen molar-refractivity contribution in [2.24, 2.45) is 0 Å². The van der Waals surface area contributed by atoms with Crippen LogP contribution < -0.4 is 10.2 Å². The molecule has 0 aliphatic heterocycles. The van der Waals surface area contributed by atoms with E-state index in [4.69, 9.17) is 5.11 Å². The van der Waals surface area contributed by atoms with E-state index < -0.39 is 0 Å². The van der Waals surface area contributed by atoms with Crippen molar-refractivity contribution < 1.29 is 5.11 Å². The summed E-state index contributed by atoms with van der Waals surface area (Å²) in [4.78, 5) is 10.8. The average Bonchev–Trinajstić information content (AvgIpc) is 2.43. The first-order valence-corrected chi connectivity index (χ1v) is 6.58. The van der Waals surface area contributed by atoms with Crippen molar-refractivity contribution in [1.82, 2.24) is 9.97 Å². The highest BCUT2D eigenvalue weighted by Crippen LogP contribution is 2.21. The summed E-state index contributed by atoms with van der Waals surface area (Å²) >= 11 is 0. The molecule has 0 spiro atoms. The molecule has 0 radical (unpaired) electrons. The van der Waals surface area contributed by atoms with E-state index in [1.807, 2.05) is 50.2 Å². The summed E-state index contributed by atoms with van der Waals surface area (Å²) in [6.07, 6.45) is 2.41. The van der Waals surface area contributed by atoms with Crippen LogP contribution in [0.3, 0.4) is 0 Å². The Labute approximate surface area is 119 Å². The number of aromatic nitrogens is 2. The Morgan fingerprint density at radius 1 is 1.25 bits per heavy atom. The Morgan fingerprint density at radius 3 is 2.70 bits per heavy atom. The maximum atomic E-state index is 9.10. The predicted molar refractivity (Wildman–Crippen MR) is 81.6 cm³/mol. The molecule has 0 aliphatic carbocycles. The summed E-state index contributed by atoms with van der Waals surface area (Å²) in [6, 6.07) is 7.85. The molecule has 0 saturated carbocycles. The van der Waals surface area contributed by atoms with Gasteiger partial charge >= 0.3 is 0 Å². The minimum Gasteiger partial charge on any atom is -0.396 e. The van der Waals surface area contributed by atoms with Crippen LogP contribution >= 0.6 is 0 Å². The number of anilines is 3. The molecule has 106 valence electrons. The predicted octanol–water partition coefficient (Wildman–Crippen LogP) is 2.13. The van der Waals surface area contributed by atoms with Gasteiger partial charge < -0.3 is 15.3 Å². The molecule has 5 heteroatoms. The maximum Gasteiger partial charge on any atom is 0.229 e. The molecule has 0 bridgehead atoms. The fourth-order valence-corrected chi connectivity index (χ4v) is 2.05. The molecule has 20 heavy (non-hydrogen) atoms. The first-order valence-electron chi connectivity index (χ1n) is 6.58. The minimum atomic E-state index is 0.121. The third-order valence-electron chi connectivity index (χ3n) is 3.01. The lowest BCUT2D eigenvalue weighted by atomic mass is 10.1. The third kappa shape index (κ3) is 3.24. The van der Waals surface area contributed by atoms with Gasteiger partial charge in [0.05, 0.1) is 0 Å². The Kier molecular flexibility index (Phi) is 4.53. The molecule has 2 rings (SSSR count). The van der Waals surface area contributed by atoms with Crippen LogP contribution in [-0.4, -0.2) is 35.8 Å². The first-order chi connectivity index (χ1) is 9.61. The van der Waals surface area contributed by atoms with Crippen LogP contribution in [0, 0.1) is 6.92 Å². The van der Waals surface area contributed by atoms with E-state index in [0.717, 1.165) is 22.6 Å². The van der Waals surface area contributed by atoms with E-state index in [-0.39, 0.29) is 6.61 Å². The standard InChI is InChI=1S/C15H20N4O/c1-11-10-16-15(18-14(11)19(2)3)17-13-7-5-4-6-12(13)8-9-20/h4-7,10,20H,8-9H2,1-3H3,(H,16,17,18). The summed E-state index contributed by atoms with van der Waals surface area (Å²) < 4.78 is 0. The van der Waals surface area contributed by atoms with Crippen LogP contribution in [0.15, 0.2) is 30.5 Å². The Hall–Kier alpha value is -2.14. The highest BCUT2D eigenvalue weighted by atomic mass is 16.2. The number of para-hydroxylation sites is 1. The van der Waals surface area contributed by atoms with Crippen molar-refractivity contribution in [2.75, 3.05) is 30.9 Å². The summed E-state index contributed by atoms with van der Waals surface area (Å²) in [5.41, 5.74) is 3.00. The van der Waals surface area contributed by atoms with Crippen molar-refractivity contribution in [3.8, 4) is 0 Å². The van der Waals surface area contributed by atoms with Crippen molar-refractivity contribution >= 4 is 17.5 Å². The number of aryl methyl sites for hydroxylation is 1. The Morgan fingerprint density at radius 2 is 2.00 bits per heavy atom. The lowest BCUT2D eigenvalue weighted by Gasteiger charge is -2.16. The van der Waals surface area contributed by atoms with Gasteiger partial charge in [-0.05, 0) is 25.0 Å². The molecule has 2 aromatic rings. The summed E-state index contributed by atoms with van der Waals surface area (Å²) in [5.74, 6) is 1.45. The maximum absolute atomic E-state index is 9.10. The highest BCUT2D eigenvalue weighted by Gasteiger charge is 2.07. The lowest BCUT2D eigenvalue weighted by Crippen LogP contribution is -2.14. The first kappa shape index (κ1) is 14.3. The van der Waals surface area contributed by atoms with Gasteiger partial charge in [0.25, 0.3) is 0 Å². The summed E-state index contributed by atoms with van der Waals surface area (Å²) in [5, 5.41) is 12.3. The molecule has 0 saturated heterocycles. The minimum absolute atomic E-state index is 0.121. The highest BCUT2D eigenvalue weighted by molar-refractivity contribution is 5.60. The zero-order chi connectivity index (χ0) is 14.5. The molecular formula is C15H20N4O. The summed E-state index contributed by atoms with van der Waals surface area (Å²) in [6.45, 7) is 2.11. The van der Waals surface area contributed by atoms with E-state index in [2.05, 4.69) is 15.3 Å². The molecule has 1 aromatic heterocycles. The van der Waals surface area contributed by atoms with Gasteiger partial charge in [0, 0.05) is 38.1 Å². The second kappa shape index (κ2) is 6.34. The van der Waals surface area contributed by atoms with Crippen LogP contribution in [0.2, 0.25) is 0 Å². The molecular weight excluding hydrogens is 252 g/mol. The van der Waals surface area contributed by atoms with Gasteiger partial charge in [-0.3, -0.25) is 0 Å². The molecule has 2 N–H and O–H groups in total. The molecule has 1 heterocycles. The third-order valence-corrected chi connectivity index (χ3v) is 3.01. The van der Waals surface area contributed by atoms with Gasteiger partial charge in [0.15, 0.2) is 0 Å². The van der Waals surface area contributed by atoms with Crippen LogP contribution in [0.1, 0.15) is 11.1 Å². The quantitative estimate of drug-likeness (QED) is 0.873. The monoisotopic (exact) mass is 272 g/mol. The Bertz CT molecular complexity index is 584. The second-order valence-corrected chi connectivity index (χ2v) is 4.85. The number of rotatable bonds is 5. The van der Waals surface area contributed by atoms with Gasteiger partial charge in [0.2, 0.25) is 5.95 Å². The SMILES string of the molecule is Cc1cnc(Nc2ccccc2CCO)nc1N(C)C. The number of aliphatic hydroxyl groups is 1. The molecule has 0 amide bonds. The fourth-order valence-electron chi connectivity index (χ4n) is 2.05.